The van der Waals surface area contributed by atoms with Gasteiger partial charge in [0.2, 0.25) is 11.8 Å². The zero-order chi connectivity index (χ0) is 37.1. The Labute approximate surface area is 309 Å². The predicted molar refractivity (Wildman–Crippen MR) is 201 cm³/mol. The number of thiazole rings is 1. The molecule has 7 rings (SSSR count). The summed E-state index contributed by atoms with van der Waals surface area (Å²) in [6, 6.07) is 26.3. The summed E-state index contributed by atoms with van der Waals surface area (Å²) in [5.41, 5.74) is 10.2. The van der Waals surface area contributed by atoms with E-state index in [0.29, 0.717) is 27.5 Å². The fraction of sp³-hybridized carbons (Fsp3) is 0.205. The fourth-order valence-electron chi connectivity index (χ4n) is 6.78. The van der Waals surface area contributed by atoms with Gasteiger partial charge in [0, 0.05) is 30.8 Å². The van der Waals surface area contributed by atoms with E-state index in [1.807, 2.05) is 36.4 Å². The van der Waals surface area contributed by atoms with Gasteiger partial charge in [0.25, 0.3) is 5.91 Å². The predicted octanol–water partition coefficient (Wildman–Crippen LogP) is 5.01. The van der Waals surface area contributed by atoms with E-state index < -0.39 is 18.2 Å². The van der Waals surface area contributed by atoms with Crippen molar-refractivity contribution in [1.82, 2.24) is 30.1 Å². The van der Waals surface area contributed by atoms with Crippen molar-refractivity contribution in [2.24, 2.45) is 0 Å². The second kappa shape index (κ2) is 15.2. The number of fused-ring (bicyclic) bond motifs is 2. The first kappa shape index (κ1) is 35.3. The molecule has 2 atom stereocenters. The van der Waals surface area contributed by atoms with Crippen LogP contribution in [0.3, 0.4) is 0 Å². The largest absolute Gasteiger partial charge is 0.375 e. The van der Waals surface area contributed by atoms with Gasteiger partial charge in [-0.05, 0) is 59.2 Å². The van der Waals surface area contributed by atoms with Gasteiger partial charge >= 0.3 is 6.03 Å². The smallest absolute Gasteiger partial charge is 0.332 e. The minimum atomic E-state index is -0.886. The zero-order valence-electron chi connectivity index (χ0n) is 28.7. The van der Waals surface area contributed by atoms with E-state index >= 15 is 0 Å². The average molecular weight is 733 g/mol. The number of carbonyl (C=O) groups is 4. The van der Waals surface area contributed by atoms with Crippen molar-refractivity contribution in [3.63, 3.8) is 0 Å². The number of nitrogen functional groups attached to an aromatic ring is 1. The molecule has 14 heteroatoms. The number of para-hydroxylation sites is 1. The van der Waals surface area contributed by atoms with Gasteiger partial charge in [0.15, 0.2) is 5.13 Å². The Morgan fingerprint density at radius 3 is 2.45 bits per heavy atom. The third-order valence-electron chi connectivity index (χ3n) is 9.33. The van der Waals surface area contributed by atoms with Crippen molar-refractivity contribution in [2.75, 3.05) is 30.7 Å². The summed E-state index contributed by atoms with van der Waals surface area (Å²) in [7, 11) is 0. The lowest BCUT2D eigenvalue weighted by molar-refractivity contribution is -0.157. The Morgan fingerprint density at radius 1 is 0.981 bits per heavy atom. The zero-order valence-corrected chi connectivity index (χ0v) is 29.5. The maximum atomic E-state index is 14.4. The van der Waals surface area contributed by atoms with Gasteiger partial charge in [0.05, 0.1) is 29.9 Å². The molecular weight excluding hydrogens is 696 g/mol. The molecule has 270 valence electrons. The van der Waals surface area contributed by atoms with Gasteiger partial charge in [-0.25, -0.2) is 14.2 Å². The van der Waals surface area contributed by atoms with Gasteiger partial charge in [-0.15, -0.1) is 6.58 Å². The Balaban J connectivity index is 1.16. The van der Waals surface area contributed by atoms with Crippen LogP contribution in [0.2, 0.25) is 0 Å². The Morgan fingerprint density at radius 2 is 1.72 bits per heavy atom. The van der Waals surface area contributed by atoms with Crippen molar-refractivity contribution in [1.29, 1.82) is 0 Å². The molecule has 0 radical (unpaired) electrons. The number of hydrazine groups is 1. The van der Waals surface area contributed by atoms with Gasteiger partial charge in [-0.1, -0.05) is 72.0 Å². The average Bonchev–Trinajstić information content (AvgIpc) is 3.71. The number of aromatic nitrogens is 1. The Kier molecular flexibility index (Phi) is 10.1. The lowest BCUT2D eigenvalue weighted by Crippen LogP contribution is -2.66. The monoisotopic (exact) mass is 732 g/mol. The summed E-state index contributed by atoms with van der Waals surface area (Å²) >= 11 is 1.36. The standard InChI is InChI=1S/C39H37FN8O4S/c1-2-19-46(39(52)42-21-26-11-15-29(40)16-12-26)47-24-34(49)48-31(20-25-13-17-30(18-14-25)43-36(50)27-7-4-3-5-8-27)37(51)45(23-33(47)48)22-28-9-6-10-32-35(28)44-38(41)53-32/h2-18,31,33H,1,19-24H2,(H2,41,44)(H,42,52)(H,43,50)/t31-,33+/m0/s1. The molecule has 0 aliphatic carbocycles. The number of nitrogens with zero attached hydrogens (tertiary/aromatic N) is 5. The summed E-state index contributed by atoms with van der Waals surface area (Å²) in [6.45, 7) is 4.27. The van der Waals surface area contributed by atoms with E-state index in [4.69, 9.17) is 5.73 Å². The van der Waals surface area contributed by atoms with Gasteiger partial charge in [0.1, 0.15) is 18.0 Å². The minimum absolute atomic E-state index is 0.0963. The third kappa shape index (κ3) is 7.59. The first-order chi connectivity index (χ1) is 25.7. The molecule has 3 heterocycles. The summed E-state index contributed by atoms with van der Waals surface area (Å²) in [6.07, 6.45) is 1.09. The highest BCUT2D eigenvalue weighted by atomic mass is 32.1. The highest BCUT2D eigenvalue weighted by molar-refractivity contribution is 7.22. The van der Waals surface area contributed by atoms with Crippen LogP contribution in [0.4, 0.5) is 20.0 Å². The number of hydrogen-bond donors (Lipinski definition) is 3. The number of nitrogens with two attached hydrogens (primary N) is 1. The summed E-state index contributed by atoms with van der Waals surface area (Å²) in [5.74, 6) is -1.16. The van der Waals surface area contributed by atoms with E-state index in [1.165, 1.54) is 28.5 Å². The van der Waals surface area contributed by atoms with Crippen LogP contribution < -0.4 is 16.4 Å². The molecule has 4 N–H and O–H groups in total. The van der Waals surface area contributed by atoms with Crippen LogP contribution in [-0.2, 0) is 29.1 Å². The molecule has 0 spiro atoms. The molecule has 2 fully saturated rings. The number of anilines is 2. The molecule has 2 saturated heterocycles. The molecular formula is C39H37FN8O4S. The van der Waals surface area contributed by atoms with E-state index in [9.17, 15) is 23.6 Å². The lowest BCUT2D eigenvalue weighted by Gasteiger charge is -2.46. The molecule has 5 aromatic rings. The number of benzene rings is 4. The van der Waals surface area contributed by atoms with Crippen LogP contribution in [0.1, 0.15) is 27.0 Å². The van der Waals surface area contributed by atoms with E-state index in [2.05, 4.69) is 22.2 Å². The number of rotatable bonds is 11. The summed E-state index contributed by atoms with van der Waals surface area (Å²) in [5, 5.41) is 9.29. The number of hydrogen-bond acceptors (Lipinski definition) is 8. The van der Waals surface area contributed by atoms with Crippen LogP contribution >= 0.6 is 11.3 Å². The van der Waals surface area contributed by atoms with Crippen LogP contribution in [0, 0.1) is 5.82 Å². The molecule has 0 saturated carbocycles. The third-order valence-corrected chi connectivity index (χ3v) is 10.2. The summed E-state index contributed by atoms with van der Waals surface area (Å²) < 4.78 is 14.4. The number of amides is 5. The molecule has 53 heavy (non-hydrogen) atoms. The molecule has 0 unspecified atom stereocenters. The SMILES string of the molecule is C=CCN(C(=O)NCc1ccc(F)cc1)N1CC(=O)N2[C@@H](Cc3ccc(NC(=O)c4ccccc4)cc3)C(=O)N(Cc3cccc4sc(N)nc34)C[C@@H]21. The second-order valence-electron chi connectivity index (χ2n) is 12.8. The second-order valence-corrected chi connectivity index (χ2v) is 13.9. The molecule has 0 bridgehead atoms. The molecule has 2 aliphatic rings. The highest BCUT2D eigenvalue weighted by Gasteiger charge is 2.52. The molecule has 1 aromatic heterocycles. The van der Waals surface area contributed by atoms with Gasteiger partial charge in [-0.2, -0.15) is 5.01 Å². The lowest BCUT2D eigenvalue weighted by atomic mass is 9.99. The molecule has 5 amide bonds. The number of piperazine rings is 1. The number of nitrogens with one attached hydrogen (secondary N) is 2. The summed E-state index contributed by atoms with van der Waals surface area (Å²) in [4.78, 5) is 62.5. The fourth-order valence-corrected chi connectivity index (χ4v) is 7.57. The topological polar surface area (TPSA) is 144 Å². The molecule has 4 aromatic carbocycles. The van der Waals surface area contributed by atoms with E-state index in [0.717, 1.165) is 15.8 Å². The minimum Gasteiger partial charge on any atom is -0.375 e. The van der Waals surface area contributed by atoms with Crippen LogP contribution in [0.15, 0.2) is 110 Å². The van der Waals surface area contributed by atoms with Gasteiger partial charge < -0.3 is 26.2 Å². The normalized spacial score (nSPS) is 17.2. The number of carbonyl (C=O) groups excluding carboxylic acids is 4. The maximum absolute atomic E-state index is 14.4. The van der Waals surface area contributed by atoms with E-state index in [-0.39, 0.29) is 62.7 Å². The number of halogens is 1. The van der Waals surface area contributed by atoms with Crippen molar-refractivity contribution in [3.8, 4) is 0 Å². The number of urea groups is 1. The molecule has 2 aliphatic heterocycles. The maximum Gasteiger partial charge on any atom is 0.332 e. The van der Waals surface area contributed by atoms with Crippen molar-refractivity contribution in [2.45, 2.75) is 31.7 Å². The quantitative estimate of drug-likeness (QED) is 0.162. The van der Waals surface area contributed by atoms with E-state index in [1.54, 1.807) is 69.4 Å². The Bertz CT molecular complexity index is 2160. The first-order valence-electron chi connectivity index (χ1n) is 17.0. The highest BCUT2D eigenvalue weighted by Crippen LogP contribution is 2.32. The molecule has 12 nitrogen and oxygen atoms in total. The van der Waals surface area contributed by atoms with Gasteiger partial charge in [-0.3, -0.25) is 19.4 Å². The van der Waals surface area contributed by atoms with Crippen LogP contribution in [0.5, 0.6) is 0 Å². The van der Waals surface area contributed by atoms with Crippen molar-refractivity contribution < 1.29 is 23.6 Å². The van der Waals surface area contributed by atoms with Crippen LogP contribution in [0.25, 0.3) is 10.2 Å². The Hall–Kier alpha value is -6.12. The van der Waals surface area contributed by atoms with Crippen molar-refractivity contribution >= 4 is 56.1 Å². The first-order valence-corrected chi connectivity index (χ1v) is 17.9. The van der Waals surface area contributed by atoms with Crippen LogP contribution in [-0.4, -0.2) is 80.4 Å². The van der Waals surface area contributed by atoms with Crippen molar-refractivity contribution in [3.05, 3.63) is 138 Å².